The molecule has 2 aromatic heterocycles. The Labute approximate surface area is 122 Å². The monoisotopic (exact) mass is 277 g/mol. The van der Waals surface area contributed by atoms with Gasteiger partial charge in [-0.2, -0.15) is 0 Å². The van der Waals surface area contributed by atoms with Crippen molar-refractivity contribution in [2.24, 2.45) is 0 Å². The molecule has 0 radical (unpaired) electrons. The van der Waals surface area contributed by atoms with E-state index in [4.69, 9.17) is 4.98 Å². The Morgan fingerprint density at radius 1 is 1.29 bits per heavy atom. The van der Waals surface area contributed by atoms with E-state index < -0.39 is 0 Å². The first-order chi connectivity index (χ1) is 10.2. The Morgan fingerprint density at radius 3 is 2.86 bits per heavy atom. The highest BCUT2D eigenvalue weighted by Crippen LogP contribution is 2.21. The Morgan fingerprint density at radius 2 is 2.10 bits per heavy atom. The molecule has 4 nitrogen and oxygen atoms in total. The van der Waals surface area contributed by atoms with Crippen molar-refractivity contribution in [1.29, 1.82) is 0 Å². The van der Waals surface area contributed by atoms with Crippen molar-refractivity contribution in [1.82, 2.24) is 15.0 Å². The minimum absolute atomic E-state index is 0.0471. The predicted molar refractivity (Wildman–Crippen MR) is 82.8 cm³/mol. The topological polar surface area (TPSA) is 58.6 Å². The molecule has 1 N–H and O–H groups in total. The number of aromatic nitrogens is 3. The summed E-state index contributed by atoms with van der Waals surface area (Å²) in [6, 6.07) is 9.96. The van der Waals surface area contributed by atoms with Crippen molar-refractivity contribution in [3.05, 3.63) is 60.4 Å². The average Bonchev–Trinajstić information content (AvgIpc) is 2.90. The molecule has 0 atom stereocenters. The van der Waals surface area contributed by atoms with Gasteiger partial charge in [0.2, 0.25) is 0 Å². The molecule has 0 aliphatic heterocycles. The summed E-state index contributed by atoms with van der Waals surface area (Å²) in [6.45, 7) is 1.54. The molecule has 0 spiro atoms. The summed E-state index contributed by atoms with van der Waals surface area (Å²) < 4.78 is 0. The number of rotatable bonds is 4. The van der Waals surface area contributed by atoms with Gasteiger partial charge in [0, 0.05) is 17.3 Å². The van der Waals surface area contributed by atoms with Gasteiger partial charge in [0.25, 0.3) is 0 Å². The Bertz CT molecular complexity index is 803. The number of hydrogen-bond donors (Lipinski definition) is 1. The normalized spacial score (nSPS) is 11.3. The fourth-order valence-electron chi connectivity index (χ4n) is 2.20. The van der Waals surface area contributed by atoms with Crippen molar-refractivity contribution in [2.45, 2.75) is 13.3 Å². The Hall–Kier alpha value is -2.75. The molecule has 0 fully saturated rings. The van der Waals surface area contributed by atoms with E-state index in [0.29, 0.717) is 6.42 Å². The molecule has 104 valence electrons. The van der Waals surface area contributed by atoms with Gasteiger partial charge in [-0.3, -0.25) is 4.79 Å². The highest BCUT2D eigenvalue weighted by atomic mass is 16.1. The van der Waals surface area contributed by atoms with E-state index in [9.17, 15) is 4.79 Å². The highest BCUT2D eigenvalue weighted by Gasteiger charge is 2.07. The van der Waals surface area contributed by atoms with Gasteiger partial charge in [-0.25, -0.2) is 9.97 Å². The highest BCUT2D eigenvalue weighted by molar-refractivity contribution is 5.87. The van der Waals surface area contributed by atoms with Crippen LogP contribution in [0.1, 0.15) is 12.5 Å². The maximum Gasteiger partial charge on any atom is 0.156 e. The van der Waals surface area contributed by atoms with Crippen LogP contribution in [-0.2, 0) is 11.2 Å². The van der Waals surface area contributed by atoms with E-state index >= 15 is 0 Å². The first kappa shape index (κ1) is 13.2. The largest absolute Gasteiger partial charge is 0.345 e. The number of nitrogens with one attached hydrogen (secondary N) is 1. The number of carbonyl (C=O) groups excluding carboxylic acids is 1. The van der Waals surface area contributed by atoms with Gasteiger partial charge in [0.15, 0.2) is 11.4 Å². The maximum atomic E-state index is 11.0. The zero-order valence-corrected chi connectivity index (χ0v) is 11.7. The van der Waals surface area contributed by atoms with Crippen molar-refractivity contribution in [3.8, 4) is 11.3 Å². The standard InChI is InChI=1S/C17H15N3O/c1-12(21)6-5-9-14-10-18-17-16(14)20-15(11-19-17)13-7-3-2-4-8-13/h2-8,10-11H,9H2,1H3,(H,18,19). The fraction of sp³-hybridized carbons (Fsp3) is 0.118. The molecule has 21 heavy (non-hydrogen) atoms. The lowest BCUT2D eigenvalue weighted by Crippen LogP contribution is -1.89. The van der Waals surface area contributed by atoms with Gasteiger partial charge in [-0.1, -0.05) is 36.4 Å². The van der Waals surface area contributed by atoms with Crippen molar-refractivity contribution >= 4 is 16.9 Å². The van der Waals surface area contributed by atoms with Crippen LogP contribution in [-0.4, -0.2) is 20.7 Å². The molecular formula is C17H15N3O. The fourth-order valence-corrected chi connectivity index (χ4v) is 2.20. The van der Waals surface area contributed by atoms with Crippen LogP contribution in [0.25, 0.3) is 22.4 Å². The van der Waals surface area contributed by atoms with E-state index in [1.54, 1.807) is 19.2 Å². The number of hydrogen-bond acceptors (Lipinski definition) is 3. The number of allylic oxidation sites excluding steroid dienone is 2. The third kappa shape index (κ3) is 2.89. The smallest absolute Gasteiger partial charge is 0.156 e. The quantitative estimate of drug-likeness (QED) is 0.744. The Kier molecular flexibility index (Phi) is 3.60. The third-order valence-corrected chi connectivity index (χ3v) is 3.22. The molecule has 3 rings (SSSR count). The van der Waals surface area contributed by atoms with E-state index in [2.05, 4.69) is 9.97 Å². The Balaban J connectivity index is 1.98. The number of aromatic amines is 1. The van der Waals surface area contributed by atoms with Gasteiger partial charge in [-0.15, -0.1) is 0 Å². The molecule has 2 heterocycles. The summed E-state index contributed by atoms with van der Waals surface area (Å²) in [5, 5.41) is 0. The molecule has 1 aromatic carbocycles. The summed E-state index contributed by atoms with van der Waals surface area (Å²) in [5.74, 6) is 0.0471. The summed E-state index contributed by atoms with van der Waals surface area (Å²) in [4.78, 5) is 23.2. The molecule has 0 amide bonds. The van der Waals surface area contributed by atoms with Crippen LogP contribution >= 0.6 is 0 Å². The molecule has 4 heteroatoms. The zero-order chi connectivity index (χ0) is 14.7. The van der Waals surface area contributed by atoms with Gasteiger partial charge < -0.3 is 4.98 Å². The lowest BCUT2D eigenvalue weighted by molar-refractivity contribution is -0.112. The average molecular weight is 277 g/mol. The van der Waals surface area contributed by atoms with Crippen LogP contribution in [0, 0.1) is 0 Å². The van der Waals surface area contributed by atoms with Crippen molar-refractivity contribution in [3.63, 3.8) is 0 Å². The maximum absolute atomic E-state index is 11.0. The molecule has 0 saturated carbocycles. The lowest BCUT2D eigenvalue weighted by Gasteiger charge is -2.01. The van der Waals surface area contributed by atoms with Gasteiger partial charge >= 0.3 is 0 Å². The zero-order valence-electron chi connectivity index (χ0n) is 11.7. The van der Waals surface area contributed by atoms with Crippen LogP contribution in [0.15, 0.2) is 54.9 Å². The first-order valence-electron chi connectivity index (χ1n) is 6.79. The van der Waals surface area contributed by atoms with E-state index in [-0.39, 0.29) is 5.78 Å². The second-order valence-electron chi connectivity index (χ2n) is 4.85. The molecule has 0 saturated heterocycles. The van der Waals surface area contributed by atoms with E-state index in [1.165, 1.54) is 0 Å². The molecular weight excluding hydrogens is 262 g/mol. The molecule has 3 aromatic rings. The third-order valence-electron chi connectivity index (χ3n) is 3.22. The number of benzene rings is 1. The van der Waals surface area contributed by atoms with Crippen LogP contribution in [0.3, 0.4) is 0 Å². The predicted octanol–water partition coefficient (Wildman–Crippen LogP) is 3.31. The van der Waals surface area contributed by atoms with Gasteiger partial charge in [-0.05, 0) is 19.4 Å². The molecule has 0 aliphatic rings. The summed E-state index contributed by atoms with van der Waals surface area (Å²) in [6.07, 6.45) is 7.74. The van der Waals surface area contributed by atoms with Crippen LogP contribution in [0.5, 0.6) is 0 Å². The minimum Gasteiger partial charge on any atom is -0.345 e. The van der Waals surface area contributed by atoms with Gasteiger partial charge in [0.05, 0.1) is 11.9 Å². The van der Waals surface area contributed by atoms with E-state index in [1.807, 2.05) is 42.6 Å². The number of nitrogens with zero attached hydrogens (tertiary/aromatic N) is 2. The van der Waals surface area contributed by atoms with Crippen molar-refractivity contribution in [2.75, 3.05) is 0 Å². The van der Waals surface area contributed by atoms with Crippen LogP contribution in [0.2, 0.25) is 0 Å². The first-order valence-corrected chi connectivity index (χ1v) is 6.79. The molecule has 0 bridgehead atoms. The minimum atomic E-state index is 0.0471. The van der Waals surface area contributed by atoms with Gasteiger partial charge in [0.1, 0.15) is 5.52 Å². The lowest BCUT2D eigenvalue weighted by atomic mass is 10.1. The molecule has 0 aliphatic carbocycles. The van der Waals surface area contributed by atoms with E-state index in [0.717, 1.165) is 28.0 Å². The molecule has 0 unspecified atom stereocenters. The second kappa shape index (κ2) is 5.71. The summed E-state index contributed by atoms with van der Waals surface area (Å²) in [7, 11) is 0. The van der Waals surface area contributed by atoms with Crippen LogP contribution < -0.4 is 0 Å². The summed E-state index contributed by atoms with van der Waals surface area (Å²) >= 11 is 0. The second-order valence-corrected chi connectivity index (χ2v) is 4.85. The number of fused-ring (bicyclic) bond motifs is 1. The van der Waals surface area contributed by atoms with Crippen molar-refractivity contribution < 1.29 is 4.79 Å². The van der Waals surface area contributed by atoms with Crippen LogP contribution in [0.4, 0.5) is 0 Å². The summed E-state index contributed by atoms with van der Waals surface area (Å²) in [5.41, 5.74) is 4.54. The number of carbonyl (C=O) groups is 1. The number of H-pyrrole nitrogens is 1. The SMILES string of the molecule is CC(=O)C=CCc1c[nH]c2ncc(-c3ccccc3)nc12. The number of ketones is 1.